The molecular weight excluding hydrogens is 1470 g/mol. The Bertz CT molecular complexity index is 3950. The highest BCUT2D eigenvalue weighted by atomic mass is 32.1. The van der Waals surface area contributed by atoms with E-state index in [-0.39, 0.29) is 69.5 Å². The number of benzene rings is 1. The maximum atomic E-state index is 14.2. The second kappa shape index (κ2) is 40.7. The van der Waals surface area contributed by atoms with Crippen LogP contribution in [-0.2, 0) is 97.6 Å². The van der Waals surface area contributed by atoms with Crippen LogP contribution in [0, 0.1) is 0 Å². The Morgan fingerprint density at radius 1 is 0.486 bits per heavy atom. The number of nitrogens with two attached hydrogens (primary N) is 2. The van der Waals surface area contributed by atoms with Gasteiger partial charge in [-0.25, -0.2) is 19.7 Å². The maximum Gasteiger partial charge on any atom is 0.326 e. The lowest BCUT2D eigenvalue weighted by Gasteiger charge is -2.29. The number of fused-ring (bicyclic) bond motifs is 1. The summed E-state index contributed by atoms with van der Waals surface area (Å²) in [4.78, 5) is 229. The summed E-state index contributed by atoms with van der Waals surface area (Å²) in [7, 11) is 0. The number of aromatic nitrogens is 7. The third-order valence-corrected chi connectivity index (χ3v) is 18.4. The van der Waals surface area contributed by atoms with Gasteiger partial charge < -0.3 is 120 Å². The Balaban J connectivity index is 0.928. The van der Waals surface area contributed by atoms with E-state index in [9.17, 15) is 92.3 Å². The maximum absolute atomic E-state index is 14.2. The van der Waals surface area contributed by atoms with Gasteiger partial charge in [0.1, 0.15) is 72.5 Å². The molecule has 580 valence electrons. The molecule has 7 rings (SSSR count). The summed E-state index contributed by atoms with van der Waals surface area (Å²) in [5.74, 6) is -16.4. The minimum Gasteiger partial charge on any atom is -0.480 e. The molecule has 0 spiro atoms. The molecule has 23 N–H and O–H groups in total. The van der Waals surface area contributed by atoms with Crippen LogP contribution in [-0.4, -0.2) is 289 Å². The number of carbonyl (C=O) groups is 15. The normalized spacial score (nSPS) is 17.1. The van der Waals surface area contributed by atoms with E-state index in [1.807, 2.05) is 0 Å². The van der Waals surface area contributed by atoms with Crippen molar-refractivity contribution < 1.29 is 92.3 Å². The van der Waals surface area contributed by atoms with Crippen LogP contribution in [0.2, 0.25) is 0 Å². The summed E-state index contributed by atoms with van der Waals surface area (Å²) in [6.07, 6.45) is 8.84. The average molecular weight is 1550 g/mol. The van der Waals surface area contributed by atoms with Crippen LogP contribution in [0.5, 0.6) is 0 Å². The summed E-state index contributed by atoms with van der Waals surface area (Å²) >= 11 is 12.4. The summed E-state index contributed by atoms with van der Waals surface area (Å²) in [6, 6.07) is -12.7. The topological polar surface area (TPSA) is 630 Å². The summed E-state index contributed by atoms with van der Waals surface area (Å²) < 4.78 is 0. The Kier molecular flexibility index (Phi) is 31.8. The number of carboxylic acid groups (broad SMARTS) is 1. The van der Waals surface area contributed by atoms with Crippen molar-refractivity contribution in [2.24, 2.45) is 11.5 Å². The second-order valence-electron chi connectivity index (χ2n) is 24.9. The van der Waals surface area contributed by atoms with E-state index in [0.29, 0.717) is 23.4 Å². The van der Waals surface area contributed by atoms with Crippen LogP contribution in [0.25, 0.3) is 10.9 Å². The highest BCUT2D eigenvalue weighted by molar-refractivity contribution is 7.80. The molecule has 0 saturated carbocycles. The molecule has 41 nitrogen and oxygen atoms in total. The lowest BCUT2D eigenvalue weighted by atomic mass is 10.0. The third kappa shape index (κ3) is 23.7. The number of nitrogens with zero attached hydrogens (tertiary/aromatic N) is 5. The highest BCUT2D eigenvalue weighted by Gasteiger charge is 2.42. The number of aromatic amines is 4. The van der Waals surface area contributed by atoms with Crippen LogP contribution < -0.4 is 70.0 Å². The average Bonchev–Trinajstić information content (AvgIpc) is 1.70. The van der Waals surface area contributed by atoms with E-state index in [1.165, 1.54) is 42.5 Å². The van der Waals surface area contributed by atoms with Gasteiger partial charge in [0.05, 0.1) is 57.8 Å². The van der Waals surface area contributed by atoms with Gasteiger partial charge >= 0.3 is 5.97 Å². The lowest BCUT2D eigenvalue weighted by molar-refractivity contribution is -0.145. The molecule has 44 heteroatoms. The van der Waals surface area contributed by atoms with E-state index in [2.05, 4.69) is 131 Å². The first kappa shape index (κ1) is 83.6. The SMILES string of the molecule is NC(=O)C[C@H](NC(=O)CNC(=O)[C@H](Cc1cnc[nH]1)NC(=O)[C@H](Cc1cnc[nH]1)NC(=O)[C@@H]1CCCN1C(=O)[C@@H](N)CS)C(=O)N[C@@H](Cc1cnc[nH]1)C(=O)N[C@@H](CS)C(=O)N[C@@H](CS)C(=O)N[C@@H](CO)C(=O)N[C@@H](CO)C(=O)N[C@@H](CO)C(=O)N1CCC[C@H]1C(=O)N[C@@H](Cc1c[nH]c2ccccc12)C(=O)O. The first-order valence-corrected chi connectivity index (χ1v) is 35.4. The molecule has 13 atom stereocenters. The minimum atomic E-state index is -1.91. The van der Waals surface area contributed by atoms with Gasteiger partial charge in [-0.15, -0.1) is 0 Å². The molecule has 0 unspecified atom stereocenters. The van der Waals surface area contributed by atoms with Gasteiger partial charge in [-0.1, -0.05) is 18.2 Å². The smallest absolute Gasteiger partial charge is 0.326 e. The number of aliphatic hydroxyl groups excluding tert-OH is 3. The van der Waals surface area contributed by atoms with E-state index in [4.69, 9.17) is 11.5 Å². The van der Waals surface area contributed by atoms with Gasteiger partial charge in [0, 0.05) is 109 Å². The molecule has 4 aromatic heterocycles. The van der Waals surface area contributed by atoms with E-state index < -0.39 is 212 Å². The predicted octanol–water partition coefficient (Wildman–Crippen LogP) is -9.39. The molecular formula is C63H86N22O19S3. The molecule has 0 radical (unpaired) electrons. The van der Waals surface area contributed by atoms with Crippen LogP contribution in [0.3, 0.4) is 0 Å². The zero-order valence-electron chi connectivity index (χ0n) is 57.2. The molecule has 2 aliphatic rings. The number of aliphatic hydroxyl groups is 3. The number of carbonyl (C=O) groups excluding carboxylic acids is 14. The zero-order chi connectivity index (χ0) is 78.0. The van der Waals surface area contributed by atoms with Gasteiger partial charge in [-0.3, -0.25) is 67.1 Å². The number of carboxylic acids is 1. The van der Waals surface area contributed by atoms with Gasteiger partial charge in [0.25, 0.3) is 0 Å². The van der Waals surface area contributed by atoms with Crippen molar-refractivity contribution in [2.45, 2.75) is 136 Å². The summed E-state index contributed by atoms with van der Waals surface area (Å²) in [5.41, 5.74) is 13.8. The molecule has 2 fully saturated rings. The highest BCUT2D eigenvalue weighted by Crippen LogP contribution is 2.23. The number of primary amides is 1. The first-order valence-electron chi connectivity index (χ1n) is 33.5. The number of hydrogen-bond donors (Lipinski definition) is 24. The fourth-order valence-corrected chi connectivity index (χ4v) is 12.3. The van der Waals surface area contributed by atoms with Gasteiger partial charge in [0.15, 0.2) is 0 Å². The van der Waals surface area contributed by atoms with Gasteiger partial charge in [-0.2, -0.15) is 37.9 Å². The molecule has 0 aliphatic carbocycles. The van der Waals surface area contributed by atoms with Crippen molar-refractivity contribution in [3.05, 3.63) is 90.7 Å². The number of hydrogen-bond acceptors (Lipinski definition) is 25. The van der Waals surface area contributed by atoms with Crippen LogP contribution in [0.1, 0.15) is 54.7 Å². The predicted molar refractivity (Wildman–Crippen MR) is 383 cm³/mol. The van der Waals surface area contributed by atoms with E-state index >= 15 is 0 Å². The zero-order valence-corrected chi connectivity index (χ0v) is 59.9. The van der Waals surface area contributed by atoms with Crippen LogP contribution >= 0.6 is 37.9 Å². The summed E-state index contributed by atoms with van der Waals surface area (Å²) in [6.45, 7) is -4.06. The number of H-pyrrole nitrogens is 4. The number of amides is 14. The molecule has 14 amide bonds. The van der Waals surface area contributed by atoms with Crippen molar-refractivity contribution >= 4 is 137 Å². The number of rotatable bonds is 41. The number of likely N-dealkylation sites (tertiary alicyclic amines) is 2. The quantitative estimate of drug-likeness (QED) is 0.0162. The molecule has 5 aromatic rings. The van der Waals surface area contributed by atoms with Crippen molar-refractivity contribution in [3.8, 4) is 0 Å². The van der Waals surface area contributed by atoms with Crippen molar-refractivity contribution in [1.82, 2.24) is 103 Å². The molecule has 6 heterocycles. The lowest BCUT2D eigenvalue weighted by Crippen LogP contribution is -2.62. The largest absolute Gasteiger partial charge is 0.480 e. The number of nitrogens with one attached hydrogen (secondary N) is 15. The number of para-hydroxylation sites is 1. The Morgan fingerprint density at radius 3 is 1.35 bits per heavy atom. The Labute approximate surface area is 625 Å². The molecule has 0 bridgehead atoms. The van der Waals surface area contributed by atoms with Gasteiger partial charge in [-0.05, 0) is 37.3 Å². The van der Waals surface area contributed by atoms with Crippen LogP contribution in [0.4, 0.5) is 0 Å². The molecule has 2 aliphatic heterocycles. The van der Waals surface area contributed by atoms with E-state index in [1.54, 1.807) is 30.5 Å². The fourth-order valence-electron chi connectivity index (χ4n) is 11.6. The fraction of sp³-hybridized carbons (Fsp3) is 0.492. The van der Waals surface area contributed by atoms with Crippen molar-refractivity contribution in [1.29, 1.82) is 0 Å². The number of aliphatic carboxylic acids is 1. The molecule has 1 aromatic carbocycles. The number of thiol groups is 3. The summed E-state index contributed by atoms with van der Waals surface area (Å²) in [5, 5.41) is 67.5. The first-order chi connectivity index (χ1) is 51.2. The standard InChI is InChI=1S/C63H86N22O19S3/c64-35(24-105)61(101)84-9-3-7-47(84)59(99)77-39(14-33-19-68-29-73-33)52(92)75-37(12-31-17-66-27-71-31)51(91)70-20-50(90)74-40(15-49(65)89)54(94)76-38(13-32-18-67-28-72-32)53(93)82-46(26-107)58(98)83-45(25-106)57(97)80-42(21-86)55(95)79-43(22-87)56(96)81-44(23-88)62(102)85-10-4-8-48(85)60(100)78-41(63(103)104)11-30-16-69-36-6-2-1-5-34(30)36/h1-2,5-6,16-19,27-29,35,37-48,69,86-88,105-107H,3-4,7-15,20-26,64H2,(H2,65,89)(H,66,71)(H,67,72)(H,68,73)(H,70,91)(H,74,90)(H,75,92)(H,76,94)(H,77,99)(H,78,100)(H,79,95)(H,80,97)(H,81,96)(H,82,93)(H,83,98)(H,103,104)/t35-,37-,38-,39-,40-,41-,42-,43-,44-,45-,46-,47-,48-/m0/s1. The molecule has 2 saturated heterocycles. The Morgan fingerprint density at radius 2 is 0.897 bits per heavy atom. The monoisotopic (exact) mass is 1550 g/mol. The molecule has 107 heavy (non-hydrogen) atoms. The second-order valence-corrected chi connectivity index (χ2v) is 26.0. The third-order valence-electron chi connectivity index (χ3n) is 17.3. The minimum absolute atomic E-state index is 0.0128. The van der Waals surface area contributed by atoms with Crippen molar-refractivity contribution in [2.75, 3.05) is 56.7 Å². The van der Waals surface area contributed by atoms with Crippen LogP contribution in [0.15, 0.2) is 68.0 Å². The number of imidazole rings is 3. The van der Waals surface area contributed by atoms with E-state index in [0.717, 1.165) is 15.8 Å². The van der Waals surface area contributed by atoms with Crippen molar-refractivity contribution in [3.63, 3.8) is 0 Å². The Hall–Kier alpha value is -10.7. The van der Waals surface area contributed by atoms with Gasteiger partial charge in [0.2, 0.25) is 82.7 Å².